The minimum atomic E-state index is -1.86. The molecule has 16 heavy (non-hydrogen) atoms. The normalized spacial score (nSPS) is 17.9. The molecule has 0 aromatic heterocycles. The molecule has 0 aliphatic rings. The number of carbonyl (C=O) groups excluding carboxylic acids is 1. The topological polar surface area (TPSA) is 107 Å². The smallest absolute Gasteiger partial charge is 0.188 e. The molecular weight excluding hydrogens is 232 g/mol. The summed E-state index contributed by atoms with van der Waals surface area (Å²) in [5.41, 5.74) is 0. The van der Waals surface area contributed by atoms with E-state index >= 15 is 0 Å². The highest BCUT2D eigenvalue weighted by Gasteiger charge is 2.30. The molecule has 0 saturated heterocycles. The minimum absolute atomic E-state index is 0.300. The van der Waals surface area contributed by atoms with Gasteiger partial charge in [-0.05, 0) is 19.6 Å². The average molecular weight is 252 g/mol. The molecule has 0 aliphatic carbocycles. The van der Waals surface area contributed by atoms with Crippen molar-refractivity contribution >= 4 is 14.1 Å². The first-order valence-corrected chi connectivity index (χ1v) is 8.41. The Morgan fingerprint density at radius 2 is 1.75 bits per heavy atom. The maximum atomic E-state index is 11.3. The molecule has 7 heteroatoms. The van der Waals surface area contributed by atoms with Gasteiger partial charge in [0.05, 0.1) is 13.2 Å². The van der Waals surface area contributed by atoms with Crippen molar-refractivity contribution in [1.29, 1.82) is 0 Å². The van der Waals surface area contributed by atoms with E-state index in [1.165, 1.54) is 0 Å². The molecule has 0 unspecified atom stereocenters. The van der Waals surface area contributed by atoms with Crippen LogP contribution in [0.1, 0.15) is 0 Å². The van der Waals surface area contributed by atoms with Crippen molar-refractivity contribution in [3.63, 3.8) is 0 Å². The summed E-state index contributed by atoms with van der Waals surface area (Å²) in [6, 6.07) is 0. The SMILES string of the molecule is C[Si](C)(C)OCC(=O)[C@@H](O)[C@H](O)[C@H](O)CO. The number of aliphatic hydroxyl groups is 4. The first kappa shape index (κ1) is 15.7. The predicted molar refractivity (Wildman–Crippen MR) is 59.4 cm³/mol. The van der Waals surface area contributed by atoms with Gasteiger partial charge >= 0.3 is 0 Å². The summed E-state index contributed by atoms with van der Waals surface area (Å²) in [5.74, 6) is -0.706. The van der Waals surface area contributed by atoms with Gasteiger partial charge in [0.2, 0.25) is 0 Å². The zero-order valence-electron chi connectivity index (χ0n) is 9.75. The van der Waals surface area contributed by atoms with E-state index in [0.29, 0.717) is 0 Å². The molecule has 6 nitrogen and oxygen atoms in total. The number of rotatable bonds is 7. The van der Waals surface area contributed by atoms with Gasteiger partial charge in [-0.1, -0.05) is 0 Å². The van der Waals surface area contributed by atoms with Crippen LogP contribution >= 0.6 is 0 Å². The number of Topliss-reactive ketones (excluding diaryl/α,β-unsaturated/α-hetero) is 1. The molecule has 0 radical (unpaired) electrons. The lowest BCUT2D eigenvalue weighted by atomic mass is 10.1. The zero-order valence-corrected chi connectivity index (χ0v) is 10.8. The number of hydrogen-bond acceptors (Lipinski definition) is 6. The van der Waals surface area contributed by atoms with Crippen LogP contribution in [0.25, 0.3) is 0 Å². The van der Waals surface area contributed by atoms with Crippen LogP contribution in [0.4, 0.5) is 0 Å². The van der Waals surface area contributed by atoms with E-state index in [2.05, 4.69) is 0 Å². The summed E-state index contributed by atoms with van der Waals surface area (Å²) in [6.07, 6.45) is -4.97. The van der Waals surface area contributed by atoms with Crippen molar-refractivity contribution < 1.29 is 29.6 Å². The third-order valence-electron chi connectivity index (χ3n) is 1.88. The van der Waals surface area contributed by atoms with Crippen LogP contribution in [0, 0.1) is 0 Å². The third kappa shape index (κ3) is 5.68. The van der Waals surface area contributed by atoms with E-state index in [9.17, 15) is 15.0 Å². The maximum absolute atomic E-state index is 11.3. The van der Waals surface area contributed by atoms with Crippen molar-refractivity contribution in [2.24, 2.45) is 0 Å². The average Bonchev–Trinajstić information content (AvgIpc) is 2.21. The monoisotopic (exact) mass is 252 g/mol. The fourth-order valence-corrected chi connectivity index (χ4v) is 1.46. The van der Waals surface area contributed by atoms with Gasteiger partial charge in [-0.25, -0.2) is 0 Å². The van der Waals surface area contributed by atoms with Crippen molar-refractivity contribution in [3.05, 3.63) is 0 Å². The second-order valence-corrected chi connectivity index (χ2v) is 9.07. The highest BCUT2D eigenvalue weighted by atomic mass is 28.4. The summed E-state index contributed by atoms with van der Waals surface area (Å²) in [6.45, 7) is 4.62. The molecule has 0 fully saturated rings. The van der Waals surface area contributed by atoms with Gasteiger partial charge < -0.3 is 24.9 Å². The van der Waals surface area contributed by atoms with Crippen LogP contribution in [0.15, 0.2) is 0 Å². The van der Waals surface area contributed by atoms with E-state index in [1.54, 1.807) is 0 Å². The summed E-state index contributed by atoms with van der Waals surface area (Å²) in [5, 5.41) is 36.2. The Labute approximate surface area is 95.6 Å². The molecule has 0 amide bonds. The van der Waals surface area contributed by atoms with Gasteiger partial charge in [0, 0.05) is 0 Å². The molecule has 0 rings (SSSR count). The number of aliphatic hydroxyl groups excluding tert-OH is 4. The first-order valence-electron chi connectivity index (χ1n) is 5.00. The van der Waals surface area contributed by atoms with E-state index in [4.69, 9.17) is 14.6 Å². The van der Waals surface area contributed by atoms with E-state index in [0.717, 1.165) is 0 Å². The van der Waals surface area contributed by atoms with Gasteiger partial charge in [0.25, 0.3) is 0 Å². The Bertz CT molecular complexity index is 227. The second kappa shape index (κ2) is 6.43. The van der Waals surface area contributed by atoms with Gasteiger partial charge in [-0.15, -0.1) is 0 Å². The lowest BCUT2D eigenvalue weighted by molar-refractivity contribution is -0.142. The van der Waals surface area contributed by atoms with Gasteiger partial charge in [0.1, 0.15) is 18.3 Å². The zero-order chi connectivity index (χ0) is 12.9. The van der Waals surface area contributed by atoms with E-state index in [-0.39, 0.29) is 6.61 Å². The van der Waals surface area contributed by atoms with Crippen LogP contribution in [-0.2, 0) is 9.22 Å². The summed E-state index contributed by atoms with van der Waals surface area (Å²) >= 11 is 0. The molecule has 0 spiro atoms. The van der Waals surface area contributed by atoms with Crippen molar-refractivity contribution in [3.8, 4) is 0 Å². The van der Waals surface area contributed by atoms with Gasteiger partial charge in [0.15, 0.2) is 14.1 Å². The van der Waals surface area contributed by atoms with E-state index < -0.39 is 39.0 Å². The number of ketones is 1. The van der Waals surface area contributed by atoms with Crippen molar-refractivity contribution in [2.75, 3.05) is 13.2 Å². The number of hydrogen-bond donors (Lipinski definition) is 4. The second-order valence-electron chi connectivity index (χ2n) is 4.55. The van der Waals surface area contributed by atoms with Crippen LogP contribution in [0.3, 0.4) is 0 Å². The van der Waals surface area contributed by atoms with Gasteiger partial charge in [-0.2, -0.15) is 0 Å². The quantitative estimate of drug-likeness (QED) is 0.410. The Morgan fingerprint density at radius 3 is 2.12 bits per heavy atom. The minimum Gasteiger partial charge on any atom is -0.410 e. The maximum Gasteiger partial charge on any atom is 0.188 e. The fraction of sp³-hybridized carbons (Fsp3) is 0.889. The standard InChI is InChI=1S/C9H20O6Si/c1-16(2,3)15-5-7(12)9(14)8(13)6(11)4-10/h6,8-11,13-14H,4-5H2,1-3H3/t6-,8-,9-/m1/s1. The molecule has 0 aromatic carbocycles. The molecule has 0 aromatic rings. The van der Waals surface area contributed by atoms with Crippen LogP contribution in [0.5, 0.6) is 0 Å². The Kier molecular flexibility index (Phi) is 6.30. The summed E-state index contributed by atoms with van der Waals surface area (Å²) in [7, 11) is -1.86. The van der Waals surface area contributed by atoms with Crippen molar-refractivity contribution in [1.82, 2.24) is 0 Å². The molecule has 0 saturated carbocycles. The number of carbonyl (C=O) groups is 1. The molecule has 0 bridgehead atoms. The van der Waals surface area contributed by atoms with Gasteiger partial charge in [-0.3, -0.25) is 4.79 Å². The Hall–Kier alpha value is -0.313. The predicted octanol–water partition coefficient (Wildman–Crippen LogP) is -1.52. The molecule has 4 N–H and O–H groups in total. The van der Waals surface area contributed by atoms with E-state index in [1.807, 2.05) is 19.6 Å². The van der Waals surface area contributed by atoms with Crippen LogP contribution in [-0.4, -0.2) is 66.1 Å². The fourth-order valence-electron chi connectivity index (χ4n) is 0.882. The molecule has 0 aliphatic heterocycles. The Morgan fingerprint density at radius 1 is 1.25 bits per heavy atom. The Balaban J connectivity index is 4.18. The highest BCUT2D eigenvalue weighted by molar-refractivity contribution is 6.69. The molecular formula is C9H20O6Si. The summed E-state index contributed by atoms with van der Waals surface area (Å²) < 4.78 is 5.25. The van der Waals surface area contributed by atoms with Crippen LogP contribution in [0.2, 0.25) is 19.6 Å². The first-order chi connectivity index (χ1) is 7.19. The molecule has 96 valence electrons. The van der Waals surface area contributed by atoms with Crippen molar-refractivity contribution in [2.45, 2.75) is 38.0 Å². The largest absolute Gasteiger partial charge is 0.410 e. The highest BCUT2D eigenvalue weighted by Crippen LogP contribution is 2.06. The lowest BCUT2D eigenvalue weighted by Crippen LogP contribution is -2.46. The molecule has 3 atom stereocenters. The summed E-state index contributed by atoms with van der Waals surface area (Å²) in [4.78, 5) is 11.3. The molecule has 0 heterocycles. The third-order valence-corrected chi connectivity index (χ3v) is 2.89. The van der Waals surface area contributed by atoms with Crippen LogP contribution < -0.4 is 0 Å². The lowest BCUT2D eigenvalue weighted by Gasteiger charge is -2.22.